The lowest BCUT2D eigenvalue weighted by Crippen LogP contribution is -2.29. The van der Waals surface area contributed by atoms with Crippen LogP contribution in [0, 0.1) is 0 Å². The standard InChI is InChI=1S/C15H18N2O4/c16-14-2-1-11(17(4-6-18)5-7-19)9-13(14)12-3-8-21-15(12)10-20/h1-3,8-10,18-19H,4-7,16H2. The van der Waals surface area contributed by atoms with Crippen LogP contribution in [0.2, 0.25) is 0 Å². The molecule has 2 aromatic rings. The van der Waals surface area contributed by atoms with Crippen LogP contribution in [0.25, 0.3) is 11.1 Å². The topological polar surface area (TPSA) is 99.9 Å². The number of nitrogens with two attached hydrogens (primary N) is 1. The van der Waals surface area contributed by atoms with Crippen LogP contribution in [0.1, 0.15) is 10.6 Å². The van der Waals surface area contributed by atoms with Crippen molar-refractivity contribution < 1.29 is 19.4 Å². The summed E-state index contributed by atoms with van der Waals surface area (Å²) >= 11 is 0. The van der Waals surface area contributed by atoms with Crippen molar-refractivity contribution in [2.75, 3.05) is 36.9 Å². The second-order valence-corrected chi connectivity index (χ2v) is 4.52. The van der Waals surface area contributed by atoms with Gasteiger partial charge in [-0.15, -0.1) is 0 Å². The van der Waals surface area contributed by atoms with E-state index in [0.717, 1.165) is 5.69 Å². The third-order valence-electron chi connectivity index (χ3n) is 3.23. The molecule has 0 aliphatic heterocycles. The summed E-state index contributed by atoms with van der Waals surface area (Å²) in [7, 11) is 0. The lowest BCUT2D eigenvalue weighted by atomic mass is 10.0. The molecular formula is C15H18N2O4. The Morgan fingerprint density at radius 3 is 2.48 bits per heavy atom. The molecule has 0 fully saturated rings. The molecule has 0 radical (unpaired) electrons. The zero-order chi connectivity index (χ0) is 15.2. The number of hydrogen-bond acceptors (Lipinski definition) is 6. The minimum Gasteiger partial charge on any atom is -0.461 e. The van der Waals surface area contributed by atoms with Crippen LogP contribution in [0.4, 0.5) is 11.4 Å². The highest BCUT2D eigenvalue weighted by Crippen LogP contribution is 2.32. The molecule has 0 atom stereocenters. The zero-order valence-corrected chi connectivity index (χ0v) is 11.5. The van der Waals surface area contributed by atoms with Crippen LogP contribution in [0.15, 0.2) is 34.9 Å². The summed E-state index contributed by atoms with van der Waals surface area (Å²) < 4.78 is 5.10. The van der Waals surface area contributed by atoms with Crippen molar-refractivity contribution in [1.29, 1.82) is 0 Å². The van der Waals surface area contributed by atoms with Gasteiger partial charge in [-0.1, -0.05) is 0 Å². The van der Waals surface area contributed by atoms with E-state index in [0.29, 0.717) is 36.2 Å². The van der Waals surface area contributed by atoms with Gasteiger partial charge in [0.2, 0.25) is 0 Å². The first-order chi connectivity index (χ1) is 10.2. The van der Waals surface area contributed by atoms with E-state index in [2.05, 4.69) is 0 Å². The van der Waals surface area contributed by atoms with Crippen LogP contribution in [0.5, 0.6) is 0 Å². The number of rotatable bonds is 7. The number of anilines is 2. The fourth-order valence-corrected chi connectivity index (χ4v) is 2.22. The largest absolute Gasteiger partial charge is 0.461 e. The predicted octanol–water partition coefficient (Wildman–Crippen LogP) is 1.13. The van der Waals surface area contributed by atoms with Gasteiger partial charge >= 0.3 is 0 Å². The molecule has 4 N–H and O–H groups in total. The molecule has 0 saturated carbocycles. The predicted molar refractivity (Wildman–Crippen MR) is 80.3 cm³/mol. The fraction of sp³-hybridized carbons (Fsp3) is 0.267. The summed E-state index contributed by atoms with van der Waals surface area (Å²) in [5, 5.41) is 18.2. The van der Waals surface area contributed by atoms with E-state index in [1.54, 1.807) is 12.1 Å². The van der Waals surface area contributed by atoms with Gasteiger partial charge in [0.05, 0.1) is 19.5 Å². The Labute approximate surface area is 122 Å². The average molecular weight is 290 g/mol. The average Bonchev–Trinajstić information content (AvgIpc) is 2.96. The second-order valence-electron chi connectivity index (χ2n) is 4.52. The van der Waals surface area contributed by atoms with Gasteiger partial charge in [-0.25, -0.2) is 0 Å². The van der Waals surface area contributed by atoms with Crippen molar-refractivity contribution >= 4 is 17.7 Å². The molecule has 6 heteroatoms. The Bertz CT molecular complexity index is 603. The van der Waals surface area contributed by atoms with Gasteiger partial charge < -0.3 is 25.3 Å². The van der Waals surface area contributed by atoms with Crippen LogP contribution < -0.4 is 10.6 Å². The Morgan fingerprint density at radius 2 is 1.86 bits per heavy atom. The molecule has 0 saturated heterocycles. The van der Waals surface area contributed by atoms with Crippen molar-refractivity contribution in [1.82, 2.24) is 0 Å². The summed E-state index contributed by atoms with van der Waals surface area (Å²) in [5.74, 6) is 0.217. The van der Waals surface area contributed by atoms with Crippen molar-refractivity contribution in [3.8, 4) is 11.1 Å². The number of aldehydes is 1. The normalized spacial score (nSPS) is 10.6. The summed E-state index contributed by atoms with van der Waals surface area (Å²) in [6, 6.07) is 7.04. The molecule has 2 rings (SSSR count). The number of aliphatic hydroxyl groups excluding tert-OH is 2. The van der Waals surface area contributed by atoms with Crippen LogP contribution in [-0.2, 0) is 0 Å². The van der Waals surface area contributed by atoms with E-state index in [9.17, 15) is 4.79 Å². The molecular weight excluding hydrogens is 272 g/mol. The number of hydrogen-bond donors (Lipinski definition) is 3. The highest BCUT2D eigenvalue weighted by atomic mass is 16.3. The van der Waals surface area contributed by atoms with E-state index in [-0.39, 0.29) is 19.0 Å². The fourth-order valence-electron chi connectivity index (χ4n) is 2.22. The number of nitrogens with zero attached hydrogens (tertiary/aromatic N) is 1. The van der Waals surface area contributed by atoms with E-state index >= 15 is 0 Å². The van der Waals surface area contributed by atoms with E-state index < -0.39 is 0 Å². The molecule has 0 spiro atoms. The Kier molecular flexibility index (Phi) is 4.97. The molecule has 6 nitrogen and oxygen atoms in total. The molecule has 112 valence electrons. The summed E-state index contributed by atoms with van der Waals surface area (Å²) in [6.07, 6.45) is 2.07. The van der Waals surface area contributed by atoms with E-state index in [1.807, 2.05) is 17.0 Å². The molecule has 0 unspecified atom stereocenters. The third kappa shape index (κ3) is 3.24. The molecule has 1 aromatic heterocycles. The maximum atomic E-state index is 11.0. The molecule has 21 heavy (non-hydrogen) atoms. The van der Waals surface area contributed by atoms with Gasteiger partial charge in [-0.2, -0.15) is 0 Å². The van der Waals surface area contributed by atoms with Crippen LogP contribution in [0.3, 0.4) is 0 Å². The van der Waals surface area contributed by atoms with Crippen molar-refractivity contribution in [3.05, 3.63) is 36.3 Å². The third-order valence-corrected chi connectivity index (χ3v) is 3.23. The summed E-state index contributed by atoms with van der Waals surface area (Å²) in [4.78, 5) is 12.8. The van der Waals surface area contributed by atoms with Gasteiger partial charge in [0.15, 0.2) is 12.0 Å². The van der Waals surface area contributed by atoms with E-state index in [4.69, 9.17) is 20.4 Å². The Morgan fingerprint density at radius 1 is 1.14 bits per heavy atom. The number of carbonyl (C=O) groups is 1. The van der Waals surface area contributed by atoms with Crippen LogP contribution >= 0.6 is 0 Å². The summed E-state index contributed by atoms with van der Waals surface area (Å²) in [6.45, 7) is 0.752. The lowest BCUT2D eigenvalue weighted by Gasteiger charge is -2.24. The van der Waals surface area contributed by atoms with E-state index in [1.165, 1.54) is 6.26 Å². The van der Waals surface area contributed by atoms with Crippen LogP contribution in [-0.4, -0.2) is 42.8 Å². The summed E-state index contributed by atoms with van der Waals surface area (Å²) in [5.41, 5.74) is 8.61. The number of aliphatic hydroxyl groups is 2. The molecule has 0 aliphatic rings. The van der Waals surface area contributed by atoms with Gasteiger partial charge in [0.1, 0.15) is 0 Å². The monoisotopic (exact) mass is 290 g/mol. The van der Waals surface area contributed by atoms with Gasteiger partial charge in [-0.3, -0.25) is 4.79 Å². The molecule has 0 bridgehead atoms. The number of carbonyl (C=O) groups excluding carboxylic acids is 1. The second kappa shape index (κ2) is 6.92. The van der Waals surface area contributed by atoms with Crippen molar-refractivity contribution in [2.45, 2.75) is 0 Å². The minimum atomic E-state index is -0.0228. The highest BCUT2D eigenvalue weighted by molar-refractivity contribution is 5.89. The molecule has 1 aromatic carbocycles. The first-order valence-corrected chi connectivity index (χ1v) is 6.60. The van der Waals surface area contributed by atoms with Crippen molar-refractivity contribution in [3.63, 3.8) is 0 Å². The van der Waals surface area contributed by atoms with Gasteiger partial charge in [0, 0.05) is 35.6 Å². The quantitative estimate of drug-likeness (QED) is 0.522. The van der Waals surface area contributed by atoms with Gasteiger partial charge in [0.25, 0.3) is 0 Å². The Hall–Kier alpha value is -2.31. The minimum absolute atomic E-state index is 0.0228. The smallest absolute Gasteiger partial charge is 0.185 e. The molecule has 0 aliphatic carbocycles. The maximum absolute atomic E-state index is 11.0. The zero-order valence-electron chi connectivity index (χ0n) is 11.5. The molecule has 1 heterocycles. The molecule has 0 amide bonds. The van der Waals surface area contributed by atoms with Crippen molar-refractivity contribution in [2.24, 2.45) is 0 Å². The first kappa shape index (κ1) is 15.1. The van der Waals surface area contributed by atoms with Gasteiger partial charge in [-0.05, 0) is 24.3 Å². The maximum Gasteiger partial charge on any atom is 0.185 e. The SMILES string of the molecule is Nc1ccc(N(CCO)CCO)cc1-c1ccoc1C=O. The number of furan rings is 1. The number of nitrogen functional groups attached to an aromatic ring is 1. The lowest BCUT2D eigenvalue weighted by molar-refractivity contribution is 0.110. The highest BCUT2D eigenvalue weighted by Gasteiger charge is 2.14. The number of benzene rings is 1. The first-order valence-electron chi connectivity index (χ1n) is 6.60. The Balaban J connectivity index is 2.43.